The lowest BCUT2D eigenvalue weighted by atomic mass is 9.99. The van der Waals surface area contributed by atoms with E-state index in [9.17, 15) is 4.79 Å². The second-order valence-electron chi connectivity index (χ2n) is 4.76. The fraction of sp³-hybridized carbons (Fsp3) is 0.533. The van der Waals surface area contributed by atoms with Gasteiger partial charge in [-0.25, -0.2) is 0 Å². The van der Waals surface area contributed by atoms with Crippen LogP contribution in [0.4, 0.5) is 0 Å². The first-order valence-corrected chi connectivity index (χ1v) is 7.57. The Balaban J connectivity index is 2.52. The van der Waals surface area contributed by atoms with Crippen LogP contribution in [0.2, 0.25) is 10.0 Å². The van der Waals surface area contributed by atoms with Crippen molar-refractivity contribution in [3.63, 3.8) is 0 Å². The number of amides is 1. The highest BCUT2D eigenvalue weighted by molar-refractivity contribution is 6.42. The van der Waals surface area contributed by atoms with E-state index in [1.807, 2.05) is 0 Å². The standard InChI is InChI=1S/C15H21Cl2NO/c1-3-5-6-11(4-2)10-18-15(19)12-7-8-13(16)14(17)9-12/h7-9,11H,3-6,10H2,1-2H3,(H,18,19). The lowest BCUT2D eigenvalue weighted by Gasteiger charge is -2.15. The van der Waals surface area contributed by atoms with Gasteiger partial charge < -0.3 is 5.32 Å². The lowest BCUT2D eigenvalue weighted by Crippen LogP contribution is -2.29. The molecule has 0 saturated heterocycles. The molecule has 106 valence electrons. The van der Waals surface area contributed by atoms with E-state index in [2.05, 4.69) is 19.2 Å². The van der Waals surface area contributed by atoms with E-state index in [0.717, 1.165) is 19.4 Å². The van der Waals surface area contributed by atoms with E-state index in [1.165, 1.54) is 12.8 Å². The molecule has 0 aliphatic rings. The quantitative estimate of drug-likeness (QED) is 0.759. The molecule has 19 heavy (non-hydrogen) atoms. The molecule has 1 aromatic rings. The fourth-order valence-corrected chi connectivity index (χ4v) is 2.22. The predicted octanol–water partition coefficient (Wildman–Crippen LogP) is 4.94. The van der Waals surface area contributed by atoms with E-state index in [-0.39, 0.29) is 5.91 Å². The number of hydrogen-bond acceptors (Lipinski definition) is 1. The molecule has 0 bridgehead atoms. The highest BCUT2D eigenvalue weighted by Crippen LogP contribution is 2.22. The molecule has 1 rings (SSSR count). The van der Waals surface area contributed by atoms with E-state index >= 15 is 0 Å². The van der Waals surface area contributed by atoms with Crippen LogP contribution in [-0.4, -0.2) is 12.5 Å². The second kappa shape index (κ2) is 8.44. The lowest BCUT2D eigenvalue weighted by molar-refractivity contribution is 0.0946. The Morgan fingerprint density at radius 1 is 1.26 bits per heavy atom. The third kappa shape index (κ3) is 5.42. The van der Waals surface area contributed by atoms with Crippen molar-refractivity contribution in [1.29, 1.82) is 0 Å². The minimum absolute atomic E-state index is 0.0893. The molecule has 0 spiro atoms. The molecule has 0 aliphatic heterocycles. The third-order valence-corrected chi connectivity index (χ3v) is 4.02. The zero-order chi connectivity index (χ0) is 14.3. The van der Waals surface area contributed by atoms with Crippen LogP contribution in [0.15, 0.2) is 18.2 Å². The number of carbonyl (C=O) groups excluding carboxylic acids is 1. The molecule has 4 heteroatoms. The number of carbonyl (C=O) groups is 1. The van der Waals surface area contributed by atoms with Crippen LogP contribution in [-0.2, 0) is 0 Å². The van der Waals surface area contributed by atoms with Crippen LogP contribution in [0.25, 0.3) is 0 Å². The molecule has 2 nitrogen and oxygen atoms in total. The smallest absolute Gasteiger partial charge is 0.251 e. The van der Waals surface area contributed by atoms with E-state index < -0.39 is 0 Å². The van der Waals surface area contributed by atoms with Gasteiger partial charge in [0.1, 0.15) is 0 Å². The van der Waals surface area contributed by atoms with Crippen molar-refractivity contribution < 1.29 is 4.79 Å². The Labute approximate surface area is 125 Å². The first kappa shape index (κ1) is 16.3. The maximum absolute atomic E-state index is 12.0. The Bertz CT molecular complexity index is 421. The minimum Gasteiger partial charge on any atom is -0.352 e. The van der Waals surface area contributed by atoms with E-state index in [4.69, 9.17) is 23.2 Å². The molecule has 1 N–H and O–H groups in total. The van der Waals surface area contributed by atoms with Gasteiger partial charge in [-0.2, -0.15) is 0 Å². The monoisotopic (exact) mass is 301 g/mol. The first-order chi connectivity index (χ1) is 9.08. The van der Waals surface area contributed by atoms with Crippen LogP contribution < -0.4 is 5.32 Å². The van der Waals surface area contributed by atoms with Crippen LogP contribution in [0, 0.1) is 5.92 Å². The van der Waals surface area contributed by atoms with Crippen LogP contribution in [0.5, 0.6) is 0 Å². The van der Waals surface area contributed by atoms with Crippen molar-refractivity contribution in [3.05, 3.63) is 33.8 Å². The molecular formula is C15H21Cl2NO. The summed E-state index contributed by atoms with van der Waals surface area (Å²) in [6.07, 6.45) is 4.65. The third-order valence-electron chi connectivity index (χ3n) is 3.28. The normalized spacial score (nSPS) is 12.2. The van der Waals surface area contributed by atoms with Gasteiger partial charge >= 0.3 is 0 Å². The second-order valence-corrected chi connectivity index (χ2v) is 5.57. The van der Waals surface area contributed by atoms with Gasteiger partial charge in [0, 0.05) is 12.1 Å². The van der Waals surface area contributed by atoms with E-state index in [1.54, 1.807) is 18.2 Å². The summed E-state index contributed by atoms with van der Waals surface area (Å²) in [4.78, 5) is 12.0. The summed E-state index contributed by atoms with van der Waals surface area (Å²) in [5.74, 6) is 0.459. The van der Waals surface area contributed by atoms with Gasteiger partial charge in [-0.3, -0.25) is 4.79 Å². The number of rotatable bonds is 7. The van der Waals surface area contributed by atoms with Gasteiger partial charge in [0.05, 0.1) is 10.0 Å². The van der Waals surface area contributed by atoms with Crippen molar-refractivity contribution in [2.45, 2.75) is 39.5 Å². The van der Waals surface area contributed by atoms with Crippen LogP contribution in [0.3, 0.4) is 0 Å². The molecule has 0 fully saturated rings. The van der Waals surface area contributed by atoms with Gasteiger partial charge in [-0.1, -0.05) is 56.3 Å². The van der Waals surface area contributed by atoms with Gasteiger partial charge in [-0.15, -0.1) is 0 Å². The largest absolute Gasteiger partial charge is 0.352 e. The molecule has 0 heterocycles. The highest BCUT2D eigenvalue weighted by Gasteiger charge is 2.11. The number of halogens is 2. The molecule has 0 saturated carbocycles. The average molecular weight is 302 g/mol. The SMILES string of the molecule is CCCCC(CC)CNC(=O)c1ccc(Cl)c(Cl)c1. The molecule has 1 unspecified atom stereocenters. The van der Waals surface area contributed by atoms with Crippen molar-refractivity contribution in [1.82, 2.24) is 5.32 Å². The zero-order valence-corrected chi connectivity index (χ0v) is 13.0. The minimum atomic E-state index is -0.0893. The molecule has 0 radical (unpaired) electrons. The summed E-state index contributed by atoms with van der Waals surface area (Å²) in [5.41, 5.74) is 0.555. The Hall–Kier alpha value is -0.730. The van der Waals surface area contributed by atoms with Gasteiger partial charge in [0.25, 0.3) is 5.91 Å². The van der Waals surface area contributed by atoms with Crippen molar-refractivity contribution in [2.24, 2.45) is 5.92 Å². The summed E-state index contributed by atoms with van der Waals surface area (Å²) in [7, 11) is 0. The number of nitrogens with one attached hydrogen (secondary N) is 1. The van der Waals surface area contributed by atoms with Crippen LogP contribution >= 0.6 is 23.2 Å². The zero-order valence-electron chi connectivity index (χ0n) is 11.5. The summed E-state index contributed by atoms with van der Waals surface area (Å²) in [6.45, 7) is 5.06. The summed E-state index contributed by atoms with van der Waals surface area (Å²) < 4.78 is 0. The Morgan fingerprint density at radius 3 is 2.58 bits per heavy atom. The molecular weight excluding hydrogens is 281 g/mol. The summed E-state index contributed by atoms with van der Waals surface area (Å²) in [6, 6.07) is 4.94. The Kier molecular flexibility index (Phi) is 7.25. The number of unbranched alkanes of at least 4 members (excludes halogenated alkanes) is 1. The summed E-state index contributed by atoms with van der Waals surface area (Å²) >= 11 is 11.7. The van der Waals surface area contributed by atoms with Crippen LogP contribution in [0.1, 0.15) is 49.9 Å². The fourth-order valence-electron chi connectivity index (χ4n) is 1.92. The maximum atomic E-state index is 12.0. The van der Waals surface area contributed by atoms with Crippen molar-refractivity contribution in [2.75, 3.05) is 6.54 Å². The number of benzene rings is 1. The highest BCUT2D eigenvalue weighted by atomic mass is 35.5. The van der Waals surface area contributed by atoms with Crippen molar-refractivity contribution >= 4 is 29.1 Å². The molecule has 0 aliphatic carbocycles. The topological polar surface area (TPSA) is 29.1 Å². The van der Waals surface area contributed by atoms with Crippen molar-refractivity contribution in [3.8, 4) is 0 Å². The maximum Gasteiger partial charge on any atom is 0.251 e. The predicted molar refractivity (Wildman–Crippen MR) is 82.1 cm³/mol. The van der Waals surface area contributed by atoms with Gasteiger partial charge in [0.15, 0.2) is 0 Å². The molecule has 0 aromatic heterocycles. The average Bonchev–Trinajstić information content (AvgIpc) is 2.41. The first-order valence-electron chi connectivity index (χ1n) is 6.81. The van der Waals surface area contributed by atoms with Gasteiger partial charge in [0.2, 0.25) is 0 Å². The van der Waals surface area contributed by atoms with E-state index in [0.29, 0.717) is 21.5 Å². The molecule has 1 atom stereocenters. The summed E-state index contributed by atoms with van der Waals surface area (Å²) in [5, 5.41) is 3.84. The van der Waals surface area contributed by atoms with Gasteiger partial charge in [-0.05, 0) is 30.5 Å². The molecule has 1 aromatic carbocycles. The number of hydrogen-bond donors (Lipinski definition) is 1. The molecule has 1 amide bonds. The Morgan fingerprint density at radius 2 is 2.00 bits per heavy atom.